The number of carbonyl (C=O) groups is 1. The lowest BCUT2D eigenvalue weighted by atomic mass is 10.3. The van der Waals surface area contributed by atoms with Crippen molar-refractivity contribution in [3.05, 3.63) is 65.4 Å². The fraction of sp³-hybridized carbons (Fsp3) is 0.105. The van der Waals surface area contributed by atoms with E-state index in [-0.39, 0.29) is 10.2 Å². The summed E-state index contributed by atoms with van der Waals surface area (Å²) >= 11 is 3.34. The van der Waals surface area contributed by atoms with Crippen LogP contribution in [0.1, 0.15) is 0 Å². The number of hydrogen-bond acceptors (Lipinski definition) is 8. The Kier molecular flexibility index (Phi) is 7.19. The molecule has 0 unspecified atom stereocenters. The molecule has 1 heterocycles. The van der Waals surface area contributed by atoms with E-state index in [1.807, 2.05) is 24.3 Å². The smallest absolute Gasteiger partial charge is 0.345 e. The molecule has 14 heteroatoms. The van der Waals surface area contributed by atoms with Gasteiger partial charge in [0.2, 0.25) is 0 Å². The average Bonchev–Trinajstić information content (AvgIpc) is 2.75. The first kappa shape index (κ1) is 24.4. The highest BCUT2D eigenvalue weighted by molar-refractivity contribution is 9.10. The van der Waals surface area contributed by atoms with Crippen molar-refractivity contribution in [2.75, 3.05) is 17.7 Å². The molecule has 9 nitrogen and oxygen atoms in total. The van der Waals surface area contributed by atoms with Gasteiger partial charge in [-0.2, -0.15) is 13.2 Å². The Morgan fingerprint density at radius 2 is 1.61 bits per heavy atom. The molecule has 0 atom stereocenters. The number of nitrogens with one attached hydrogen (secondary N) is 2. The summed E-state index contributed by atoms with van der Waals surface area (Å²) in [6, 6.07) is 14.1. The van der Waals surface area contributed by atoms with E-state index in [0.29, 0.717) is 18.7 Å². The molecular formula is C19H15BrF3N5O4S. The van der Waals surface area contributed by atoms with Gasteiger partial charge in [0.05, 0.1) is 4.90 Å². The first-order chi connectivity index (χ1) is 15.4. The Morgan fingerprint density at radius 1 is 1.00 bits per heavy atom. The topological polar surface area (TPSA) is 114 Å². The normalized spacial score (nSPS) is 11.8. The lowest BCUT2D eigenvalue weighted by molar-refractivity contribution is -0.219. The molecule has 174 valence electrons. The predicted molar refractivity (Wildman–Crippen MR) is 116 cm³/mol. The van der Waals surface area contributed by atoms with Gasteiger partial charge in [0.15, 0.2) is 0 Å². The summed E-state index contributed by atoms with van der Waals surface area (Å²) in [7, 11) is -3.88. The van der Waals surface area contributed by atoms with Crippen molar-refractivity contribution in [1.82, 2.24) is 14.4 Å². The number of rotatable bonds is 7. The minimum absolute atomic E-state index is 0.146. The lowest BCUT2D eigenvalue weighted by Crippen LogP contribution is -2.36. The van der Waals surface area contributed by atoms with Crippen LogP contribution in [0.4, 0.5) is 36.2 Å². The quantitative estimate of drug-likeness (QED) is 0.421. The number of hydrogen-bond donors (Lipinski definition) is 2. The predicted octanol–water partition coefficient (Wildman–Crippen LogP) is 4.37. The van der Waals surface area contributed by atoms with Gasteiger partial charge in [0.1, 0.15) is 18.0 Å². The Labute approximate surface area is 194 Å². The zero-order chi connectivity index (χ0) is 24.2. The number of anilines is 4. The maximum absolute atomic E-state index is 12.5. The van der Waals surface area contributed by atoms with E-state index in [9.17, 15) is 26.4 Å². The molecule has 1 aromatic heterocycles. The number of aromatic nitrogens is 2. The third-order valence-corrected chi connectivity index (χ3v) is 6.10. The van der Waals surface area contributed by atoms with Gasteiger partial charge in [-0.15, -0.1) is 0 Å². The van der Waals surface area contributed by atoms with Crippen molar-refractivity contribution in [1.29, 1.82) is 0 Å². The minimum Gasteiger partial charge on any atom is -0.345 e. The third kappa shape index (κ3) is 6.40. The van der Waals surface area contributed by atoms with Crippen molar-refractivity contribution in [2.45, 2.75) is 11.1 Å². The van der Waals surface area contributed by atoms with Gasteiger partial charge in [-0.25, -0.2) is 23.2 Å². The second-order valence-electron chi connectivity index (χ2n) is 6.36. The average molecular weight is 546 g/mol. The Balaban J connectivity index is 1.76. The molecule has 0 aliphatic carbocycles. The van der Waals surface area contributed by atoms with Crippen molar-refractivity contribution in [2.24, 2.45) is 0 Å². The molecule has 0 aliphatic heterocycles. The van der Waals surface area contributed by atoms with Crippen molar-refractivity contribution >= 4 is 54.9 Å². The van der Waals surface area contributed by atoms with E-state index in [2.05, 4.69) is 41.4 Å². The van der Waals surface area contributed by atoms with Gasteiger partial charge in [-0.3, -0.25) is 0 Å². The second-order valence-corrected chi connectivity index (χ2v) is 9.22. The number of nitrogens with zero attached hydrogens (tertiary/aromatic N) is 3. The highest BCUT2D eigenvalue weighted by atomic mass is 79.9. The lowest BCUT2D eigenvalue weighted by Gasteiger charge is -2.17. The first-order valence-electron chi connectivity index (χ1n) is 8.95. The fourth-order valence-corrected chi connectivity index (χ4v) is 3.68. The molecule has 2 aromatic carbocycles. The van der Waals surface area contributed by atoms with E-state index >= 15 is 0 Å². The molecule has 3 aromatic rings. The van der Waals surface area contributed by atoms with Gasteiger partial charge in [-0.05, 0) is 46.9 Å². The zero-order valence-corrected chi connectivity index (χ0v) is 19.1. The van der Waals surface area contributed by atoms with E-state index in [0.717, 1.165) is 22.3 Å². The van der Waals surface area contributed by atoms with Crippen LogP contribution in [-0.2, 0) is 19.7 Å². The molecule has 33 heavy (non-hydrogen) atoms. The molecular weight excluding hydrogens is 531 g/mol. The summed E-state index contributed by atoms with van der Waals surface area (Å²) < 4.78 is 62.9. The number of sulfonamides is 1. The molecule has 0 fully saturated rings. The maximum Gasteiger partial charge on any atom is 0.492 e. The van der Waals surface area contributed by atoms with Gasteiger partial charge in [0, 0.05) is 29.0 Å². The summed E-state index contributed by atoms with van der Waals surface area (Å²) in [6.45, 7) is 0. The van der Waals surface area contributed by atoms with Gasteiger partial charge in [0.25, 0.3) is 10.0 Å². The molecule has 2 N–H and O–H groups in total. The van der Waals surface area contributed by atoms with Crippen LogP contribution in [0, 0.1) is 0 Å². The van der Waals surface area contributed by atoms with E-state index < -0.39 is 27.1 Å². The Hall–Kier alpha value is -3.23. The van der Waals surface area contributed by atoms with Crippen LogP contribution in [0.5, 0.6) is 0 Å². The van der Waals surface area contributed by atoms with Crippen LogP contribution in [-0.4, -0.2) is 42.0 Å². The Bertz CT molecular complexity index is 1260. The summed E-state index contributed by atoms with van der Waals surface area (Å²) in [5, 5.41) is 5.97. The zero-order valence-electron chi connectivity index (χ0n) is 16.7. The number of halogens is 4. The second kappa shape index (κ2) is 9.72. The van der Waals surface area contributed by atoms with Crippen LogP contribution >= 0.6 is 15.9 Å². The molecule has 0 spiro atoms. The monoisotopic (exact) mass is 545 g/mol. The molecule has 0 saturated carbocycles. The summed E-state index contributed by atoms with van der Waals surface area (Å²) in [4.78, 5) is 22.6. The third-order valence-electron chi connectivity index (χ3n) is 3.97. The van der Waals surface area contributed by atoms with Crippen LogP contribution in [0.25, 0.3) is 0 Å². The van der Waals surface area contributed by atoms with Crippen LogP contribution in [0.3, 0.4) is 0 Å². The highest BCUT2D eigenvalue weighted by Crippen LogP contribution is 2.25. The molecule has 0 radical (unpaired) electrons. The number of alkyl halides is 3. The standard InChI is InChI=1S/C19H15BrF3N5O4S/c1-28(32-18(29)19(21,22)23)33(30,31)15-4-2-3-14(9-15)27-17-10-16(24-11-25-17)26-13-7-5-12(20)6-8-13/h2-11H,1H3,(H2,24,25,26,27). The number of hydroxylamine groups is 1. The SMILES string of the molecule is CN(OC(=O)C(F)(F)F)S(=O)(=O)c1cccc(Nc2cc(Nc3ccc(Br)cc3)ncn2)c1. The maximum atomic E-state index is 12.5. The van der Waals surface area contributed by atoms with Gasteiger partial charge >= 0.3 is 12.1 Å². The highest BCUT2D eigenvalue weighted by Gasteiger charge is 2.43. The first-order valence-corrected chi connectivity index (χ1v) is 11.2. The summed E-state index contributed by atoms with van der Waals surface area (Å²) in [5.41, 5.74) is 1.03. The van der Waals surface area contributed by atoms with Crippen LogP contribution < -0.4 is 10.6 Å². The summed E-state index contributed by atoms with van der Waals surface area (Å²) in [5.74, 6) is -1.89. The Morgan fingerprint density at radius 3 is 2.21 bits per heavy atom. The van der Waals surface area contributed by atoms with Crippen LogP contribution in [0.2, 0.25) is 0 Å². The van der Waals surface area contributed by atoms with Crippen LogP contribution in [0.15, 0.2) is 70.3 Å². The van der Waals surface area contributed by atoms with Crippen molar-refractivity contribution in [3.63, 3.8) is 0 Å². The largest absolute Gasteiger partial charge is 0.492 e. The molecule has 3 rings (SSSR count). The van der Waals surface area contributed by atoms with E-state index in [1.165, 1.54) is 18.5 Å². The van der Waals surface area contributed by atoms with Gasteiger partial charge in [-0.1, -0.05) is 22.0 Å². The molecule has 0 aliphatic rings. The molecule has 0 bridgehead atoms. The van der Waals surface area contributed by atoms with E-state index in [4.69, 9.17) is 0 Å². The number of benzene rings is 2. The molecule has 0 amide bonds. The van der Waals surface area contributed by atoms with E-state index in [1.54, 1.807) is 6.07 Å². The molecule has 0 saturated heterocycles. The fourth-order valence-electron chi connectivity index (χ4n) is 2.42. The number of carbonyl (C=O) groups excluding carboxylic acids is 1. The minimum atomic E-state index is -5.35. The van der Waals surface area contributed by atoms with Gasteiger partial charge < -0.3 is 15.5 Å². The van der Waals surface area contributed by atoms with Crippen molar-refractivity contribution < 1.29 is 31.2 Å². The van der Waals surface area contributed by atoms with Crippen molar-refractivity contribution in [3.8, 4) is 0 Å². The summed E-state index contributed by atoms with van der Waals surface area (Å²) in [6.07, 6.45) is -4.06.